The summed E-state index contributed by atoms with van der Waals surface area (Å²) in [6, 6.07) is 8.89. The van der Waals surface area contributed by atoms with Crippen LogP contribution in [0.5, 0.6) is 0 Å². The molecule has 0 radical (unpaired) electrons. The highest BCUT2D eigenvalue weighted by molar-refractivity contribution is 5.24. The van der Waals surface area contributed by atoms with Crippen LogP contribution in [0, 0.1) is 6.92 Å². The fraction of sp³-hybridized carbons (Fsp3) is 0.429. The number of hydrogen-bond donors (Lipinski definition) is 1. The minimum absolute atomic E-state index is 0.261. The van der Waals surface area contributed by atoms with Gasteiger partial charge in [0.05, 0.1) is 17.9 Å². The van der Waals surface area contributed by atoms with Crippen molar-refractivity contribution >= 4 is 0 Å². The third kappa shape index (κ3) is 2.96. The molecule has 18 heavy (non-hydrogen) atoms. The molecule has 1 atom stereocenters. The van der Waals surface area contributed by atoms with Gasteiger partial charge in [0.25, 0.3) is 0 Å². The first-order chi connectivity index (χ1) is 8.70. The summed E-state index contributed by atoms with van der Waals surface area (Å²) in [4.78, 5) is 0. The molecule has 0 fully saturated rings. The van der Waals surface area contributed by atoms with Gasteiger partial charge in [-0.3, -0.25) is 4.68 Å². The van der Waals surface area contributed by atoms with E-state index >= 15 is 0 Å². The van der Waals surface area contributed by atoms with Gasteiger partial charge in [-0.2, -0.15) is 0 Å². The molecule has 4 heteroatoms. The van der Waals surface area contributed by atoms with E-state index in [0.29, 0.717) is 0 Å². The lowest BCUT2D eigenvalue weighted by Crippen LogP contribution is -2.25. The molecule has 1 heterocycles. The normalized spacial score (nSPS) is 12.6. The van der Waals surface area contributed by atoms with Crippen LogP contribution in [0.15, 0.2) is 30.5 Å². The van der Waals surface area contributed by atoms with Crippen LogP contribution >= 0.6 is 0 Å². The van der Waals surface area contributed by atoms with Crippen molar-refractivity contribution in [1.82, 2.24) is 20.3 Å². The van der Waals surface area contributed by atoms with Gasteiger partial charge in [-0.05, 0) is 25.5 Å². The molecular formula is C14H20N4. The smallest absolute Gasteiger partial charge is 0.0756 e. The summed E-state index contributed by atoms with van der Waals surface area (Å²) in [5.74, 6) is 0. The molecule has 0 saturated heterocycles. The Bertz CT molecular complexity index is 504. The summed E-state index contributed by atoms with van der Waals surface area (Å²) in [5.41, 5.74) is 3.76. The molecule has 4 nitrogen and oxygen atoms in total. The fourth-order valence-corrected chi connectivity index (χ4v) is 2.22. The standard InChI is InChI=1S/C14H20N4/c1-4-15-13(14-10-16-17-18(14)3)9-12-7-5-6-11(2)8-12/h5-8,10,13,15H,4,9H2,1-3H3. The van der Waals surface area contributed by atoms with Gasteiger partial charge in [-0.1, -0.05) is 42.0 Å². The molecule has 1 unspecified atom stereocenters. The van der Waals surface area contributed by atoms with E-state index in [9.17, 15) is 0 Å². The second-order valence-corrected chi connectivity index (χ2v) is 4.59. The molecule has 96 valence electrons. The van der Waals surface area contributed by atoms with E-state index in [4.69, 9.17) is 0 Å². The Morgan fingerprint density at radius 2 is 2.22 bits per heavy atom. The quantitative estimate of drug-likeness (QED) is 0.875. The average Bonchev–Trinajstić information content (AvgIpc) is 2.75. The molecule has 1 aromatic heterocycles. The van der Waals surface area contributed by atoms with E-state index in [2.05, 4.69) is 53.7 Å². The summed E-state index contributed by atoms with van der Waals surface area (Å²) >= 11 is 0. The van der Waals surface area contributed by atoms with E-state index in [-0.39, 0.29) is 6.04 Å². The van der Waals surface area contributed by atoms with Gasteiger partial charge in [0.1, 0.15) is 0 Å². The number of aromatic nitrogens is 3. The molecule has 1 aromatic carbocycles. The van der Waals surface area contributed by atoms with Gasteiger partial charge in [0.2, 0.25) is 0 Å². The van der Waals surface area contributed by atoms with Crippen molar-refractivity contribution in [3.05, 3.63) is 47.3 Å². The maximum Gasteiger partial charge on any atom is 0.0756 e. The first-order valence-corrected chi connectivity index (χ1v) is 6.34. The number of nitrogens with zero attached hydrogens (tertiary/aromatic N) is 3. The van der Waals surface area contributed by atoms with Gasteiger partial charge in [0, 0.05) is 7.05 Å². The van der Waals surface area contributed by atoms with Crippen LogP contribution in [0.3, 0.4) is 0 Å². The zero-order valence-electron chi connectivity index (χ0n) is 11.2. The first kappa shape index (κ1) is 12.8. The molecule has 0 aliphatic heterocycles. The molecule has 2 rings (SSSR count). The van der Waals surface area contributed by atoms with Crippen LogP contribution < -0.4 is 5.32 Å². The number of hydrogen-bond acceptors (Lipinski definition) is 3. The van der Waals surface area contributed by atoms with Crippen molar-refractivity contribution in [1.29, 1.82) is 0 Å². The van der Waals surface area contributed by atoms with Gasteiger partial charge in [0.15, 0.2) is 0 Å². The third-order valence-electron chi connectivity index (χ3n) is 3.08. The molecular weight excluding hydrogens is 224 g/mol. The van der Waals surface area contributed by atoms with Crippen LogP contribution in [0.2, 0.25) is 0 Å². The highest BCUT2D eigenvalue weighted by atomic mass is 15.4. The number of likely N-dealkylation sites (N-methyl/N-ethyl adjacent to an activating group) is 1. The second kappa shape index (κ2) is 5.78. The Labute approximate surface area is 108 Å². The highest BCUT2D eigenvalue weighted by Crippen LogP contribution is 2.17. The Kier molecular flexibility index (Phi) is 4.10. The van der Waals surface area contributed by atoms with Crippen molar-refractivity contribution in [3.8, 4) is 0 Å². The summed E-state index contributed by atoms with van der Waals surface area (Å²) in [5, 5.41) is 11.5. The molecule has 0 spiro atoms. The van der Waals surface area contributed by atoms with E-state index in [1.54, 1.807) is 0 Å². The SMILES string of the molecule is CCNC(Cc1cccc(C)c1)c1cnnn1C. The van der Waals surface area contributed by atoms with Crippen LogP contribution in [0.4, 0.5) is 0 Å². The van der Waals surface area contributed by atoms with Crippen molar-refractivity contribution in [2.75, 3.05) is 6.54 Å². The molecule has 0 bridgehead atoms. The number of nitrogens with one attached hydrogen (secondary N) is 1. The van der Waals surface area contributed by atoms with Crippen molar-refractivity contribution in [3.63, 3.8) is 0 Å². The Balaban J connectivity index is 2.19. The third-order valence-corrected chi connectivity index (χ3v) is 3.08. The average molecular weight is 244 g/mol. The van der Waals surface area contributed by atoms with Crippen LogP contribution in [-0.2, 0) is 13.5 Å². The number of rotatable bonds is 5. The van der Waals surface area contributed by atoms with Gasteiger partial charge in [-0.15, -0.1) is 5.10 Å². The summed E-state index contributed by atoms with van der Waals surface area (Å²) in [6.07, 6.45) is 2.79. The fourth-order valence-electron chi connectivity index (χ4n) is 2.22. The van der Waals surface area contributed by atoms with E-state index in [1.807, 2.05) is 17.9 Å². The van der Waals surface area contributed by atoms with E-state index in [0.717, 1.165) is 18.7 Å². The largest absolute Gasteiger partial charge is 0.309 e. The molecule has 0 saturated carbocycles. The zero-order valence-corrected chi connectivity index (χ0v) is 11.2. The molecule has 2 aromatic rings. The molecule has 0 aliphatic rings. The summed E-state index contributed by atoms with van der Waals surface area (Å²) < 4.78 is 1.84. The summed E-state index contributed by atoms with van der Waals surface area (Å²) in [6.45, 7) is 5.17. The highest BCUT2D eigenvalue weighted by Gasteiger charge is 2.15. The molecule has 1 N–H and O–H groups in total. The van der Waals surface area contributed by atoms with Gasteiger partial charge in [-0.25, -0.2) is 0 Å². The Hall–Kier alpha value is -1.68. The van der Waals surface area contributed by atoms with Crippen LogP contribution in [0.1, 0.15) is 29.8 Å². The molecule has 0 amide bonds. The lowest BCUT2D eigenvalue weighted by Gasteiger charge is -2.17. The first-order valence-electron chi connectivity index (χ1n) is 6.34. The van der Waals surface area contributed by atoms with Crippen molar-refractivity contribution in [2.45, 2.75) is 26.3 Å². The Morgan fingerprint density at radius 3 is 2.83 bits per heavy atom. The van der Waals surface area contributed by atoms with E-state index in [1.165, 1.54) is 11.1 Å². The topological polar surface area (TPSA) is 42.7 Å². The number of benzene rings is 1. The van der Waals surface area contributed by atoms with Gasteiger partial charge < -0.3 is 5.32 Å². The second-order valence-electron chi connectivity index (χ2n) is 4.59. The van der Waals surface area contributed by atoms with Crippen LogP contribution in [-0.4, -0.2) is 21.5 Å². The lowest BCUT2D eigenvalue weighted by atomic mass is 10.0. The minimum Gasteiger partial charge on any atom is -0.309 e. The summed E-state index contributed by atoms with van der Waals surface area (Å²) in [7, 11) is 1.93. The maximum absolute atomic E-state index is 4.01. The predicted molar refractivity (Wildman–Crippen MR) is 72.3 cm³/mol. The number of aryl methyl sites for hydroxylation is 2. The van der Waals surface area contributed by atoms with Crippen molar-refractivity contribution < 1.29 is 0 Å². The van der Waals surface area contributed by atoms with Gasteiger partial charge >= 0.3 is 0 Å². The van der Waals surface area contributed by atoms with E-state index < -0.39 is 0 Å². The molecule has 0 aliphatic carbocycles. The zero-order chi connectivity index (χ0) is 13.0. The van der Waals surface area contributed by atoms with Crippen LogP contribution in [0.25, 0.3) is 0 Å². The minimum atomic E-state index is 0.261. The monoisotopic (exact) mass is 244 g/mol. The Morgan fingerprint density at radius 1 is 1.39 bits per heavy atom. The lowest BCUT2D eigenvalue weighted by molar-refractivity contribution is 0.506. The predicted octanol–water partition coefficient (Wildman–Crippen LogP) is 2.02. The maximum atomic E-state index is 4.01. The van der Waals surface area contributed by atoms with Crippen molar-refractivity contribution in [2.24, 2.45) is 7.05 Å².